The molecule has 0 aromatic heterocycles. The number of hydrogen-bond acceptors (Lipinski definition) is 9. The molecule has 1 aromatic rings. The van der Waals surface area contributed by atoms with Crippen LogP contribution < -0.4 is 26.6 Å². The lowest BCUT2D eigenvalue weighted by Gasteiger charge is -2.29. The number of nitrogens with one attached hydrogen (secondary N) is 5. The highest BCUT2D eigenvalue weighted by Gasteiger charge is 2.33. The van der Waals surface area contributed by atoms with Gasteiger partial charge >= 0.3 is 12.1 Å². The molecule has 5 atom stereocenters. The molecule has 0 heterocycles. The standard InChI is InChI=1S/C34H53N5O9/c1-10-21(4)28(39-33(46)48-34(6,7)8)31(44)37-25(19-23-14-12-11-13-15-23)29(42)36-24(18-20(2)3)30(43)38-27(41)17-16-26(40)35-22(5)32(45)47-9/h11-15,20-22,24-25,28H,10,16-19H2,1-9H3,(H,35,40)(H,36,42)(H,37,44)(H,39,46)(H,38,41,43)/t21-,22-,24-,25-,28-/m0/s1. The first-order valence-electron chi connectivity index (χ1n) is 16.2. The molecule has 0 bridgehead atoms. The van der Waals surface area contributed by atoms with Gasteiger partial charge in [-0.2, -0.15) is 0 Å². The number of ether oxygens (including phenoxy) is 2. The smallest absolute Gasteiger partial charge is 0.408 e. The summed E-state index contributed by atoms with van der Waals surface area (Å²) in [7, 11) is 1.18. The average Bonchev–Trinajstić information content (AvgIpc) is 3.00. The summed E-state index contributed by atoms with van der Waals surface area (Å²) in [4.78, 5) is 89.3. The molecule has 48 heavy (non-hydrogen) atoms. The van der Waals surface area contributed by atoms with Gasteiger partial charge in [0, 0.05) is 19.3 Å². The minimum absolute atomic E-state index is 0.0725. The molecule has 0 saturated heterocycles. The maximum atomic E-state index is 13.7. The summed E-state index contributed by atoms with van der Waals surface area (Å²) in [5.74, 6) is -4.42. The van der Waals surface area contributed by atoms with Crippen LogP contribution in [-0.4, -0.2) is 78.5 Å². The number of methoxy groups -OCH3 is 1. The van der Waals surface area contributed by atoms with Crippen molar-refractivity contribution in [1.82, 2.24) is 26.6 Å². The van der Waals surface area contributed by atoms with Crippen molar-refractivity contribution < 1.29 is 43.0 Å². The van der Waals surface area contributed by atoms with Crippen molar-refractivity contribution in [3.05, 3.63) is 35.9 Å². The highest BCUT2D eigenvalue weighted by Crippen LogP contribution is 2.13. The first-order valence-corrected chi connectivity index (χ1v) is 16.2. The lowest BCUT2D eigenvalue weighted by Crippen LogP contribution is -2.59. The molecule has 0 unspecified atom stereocenters. The fourth-order valence-electron chi connectivity index (χ4n) is 4.50. The summed E-state index contributed by atoms with van der Waals surface area (Å²) >= 11 is 0. The molecule has 0 spiro atoms. The van der Waals surface area contributed by atoms with Crippen LogP contribution in [0, 0.1) is 11.8 Å². The van der Waals surface area contributed by atoms with Gasteiger partial charge in [-0.1, -0.05) is 64.4 Å². The molecule has 0 fully saturated rings. The second-order valence-electron chi connectivity index (χ2n) is 13.2. The molecule has 14 nitrogen and oxygen atoms in total. The summed E-state index contributed by atoms with van der Waals surface area (Å²) in [6.45, 7) is 13.9. The molecule has 0 radical (unpaired) electrons. The third kappa shape index (κ3) is 15.9. The van der Waals surface area contributed by atoms with E-state index in [1.165, 1.54) is 14.0 Å². The van der Waals surface area contributed by atoms with Gasteiger partial charge in [-0.25, -0.2) is 9.59 Å². The van der Waals surface area contributed by atoms with Crippen molar-refractivity contribution >= 4 is 41.6 Å². The molecular weight excluding hydrogens is 622 g/mol. The van der Waals surface area contributed by atoms with E-state index in [2.05, 4.69) is 31.3 Å². The van der Waals surface area contributed by atoms with E-state index in [0.717, 1.165) is 5.56 Å². The number of hydrogen-bond donors (Lipinski definition) is 5. The van der Waals surface area contributed by atoms with Crippen molar-refractivity contribution in [1.29, 1.82) is 0 Å². The zero-order valence-electron chi connectivity index (χ0n) is 29.6. The molecule has 0 aliphatic rings. The van der Waals surface area contributed by atoms with Crippen LogP contribution in [0.25, 0.3) is 0 Å². The van der Waals surface area contributed by atoms with Crippen LogP contribution in [0.15, 0.2) is 30.3 Å². The Morgan fingerprint density at radius 2 is 1.33 bits per heavy atom. The van der Waals surface area contributed by atoms with Crippen molar-refractivity contribution in [2.24, 2.45) is 11.8 Å². The van der Waals surface area contributed by atoms with Crippen LogP contribution in [0.5, 0.6) is 0 Å². The van der Waals surface area contributed by atoms with E-state index in [0.29, 0.717) is 6.42 Å². The third-order valence-corrected chi connectivity index (χ3v) is 7.20. The Bertz CT molecular complexity index is 1260. The van der Waals surface area contributed by atoms with Gasteiger partial charge in [0.15, 0.2) is 0 Å². The van der Waals surface area contributed by atoms with Crippen molar-refractivity contribution in [3.63, 3.8) is 0 Å². The molecule has 0 aliphatic carbocycles. The van der Waals surface area contributed by atoms with E-state index in [1.807, 2.05) is 26.8 Å². The van der Waals surface area contributed by atoms with E-state index < -0.39 is 71.4 Å². The lowest BCUT2D eigenvalue weighted by atomic mass is 9.97. The predicted octanol–water partition coefficient (Wildman–Crippen LogP) is 2.28. The first-order chi connectivity index (χ1) is 22.4. The van der Waals surface area contributed by atoms with Gasteiger partial charge < -0.3 is 30.7 Å². The number of rotatable bonds is 17. The molecule has 0 saturated carbocycles. The van der Waals surface area contributed by atoms with Crippen LogP contribution in [0.1, 0.15) is 86.6 Å². The van der Waals surface area contributed by atoms with E-state index in [1.54, 1.807) is 52.0 Å². The van der Waals surface area contributed by atoms with E-state index in [4.69, 9.17) is 4.74 Å². The quantitative estimate of drug-likeness (QED) is 0.154. The molecule has 1 aromatic carbocycles. The zero-order valence-corrected chi connectivity index (χ0v) is 29.6. The molecule has 268 valence electrons. The molecule has 0 aliphatic heterocycles. The highest BCUT2D eigenvalue weighted by molar-refractivity contribution is 6.01. The van der Waals surface area contributed by atoms with Gasteiger partial charge in [-0.15, -0.1) is 0 Å². The van der Waals surface area contributed by atoms with Gasteiger partial charge in [0.2, 0.25) is 29.5 Å². The van der Waals surface area contributed by atoms with Crippen LogP contribution in [0.4, 0.5) is 4.79 Å². The van der Waals surface area contributed by atoms with E-state index in [-0.39, 0.29) is 37.5 Å². The zero-order chi connectivity index (χ0) is 36.6. The summed E-state index contributed by atoms with van der Waals surface area (Å²) < 4.78 is 9.90. The monoisotopic (exact) mass is 675 g/mol. The molecule has 14 heteroatoms. The first kappa shape index (κ1) is 41.5. The predicted molar refractivity (Wildman–Crippen MR) is 178 cm³/mol. The fraction of sp³-hybridized carbons (Fsp3) is 0.618. The van der Waals surface area contributed by atoms with E-state index in [9.17, 15) is 33.6 Å². The summed E-state index contributed by atoms with van der Waals surface area (Å²) in [6.07, 6.45) is -0.625. The third-order valence-electron chi connectivity index (χ3n) is 7.20. The number of imide groups is 1. The summed E-state index contributed by atoms with van der Waals surface area (Å²) in [5.41, 5.74) is -0.0583. The summed E-state index contributed by atoms with van der Waals surface area (Å²) in [5, 5.41) is 12.7. The number of carbonyl (C=O) groups is 7. The SMILES string of the molecule is CC[C@H](C)[C@H](NC(=O)OC(C)(C)C)C(=O)N[C@@H](Cc1ccccc1)C(=O)N[C@@H](CC(C)C)C(=O)NC(=O)CCC(=O)N[C@@H](C)C(=O)OC. The van der Waals surface area contributed by atoms with Gasteiger partial charge in [-0.3, -0.25) is 29.3 Å². The Morgan fingerprint density at radius 3 is 1.88 bits per heavy atom. The Labute approximate surface area is 283 Å². The maximum Gasteiger partial charge on any atom is 0.408 e. The minimum Gasteiger partial charge on any atom is -0.467 e. The second-order valence-corrected chi connectivity index (χ2v) is 13.2. The normalized spacial score (nSPS) is 14.3. The van der Waals surface area contributed by atoms with Gasteiger partial charge in [-0.05, 0) is 51.5 Å². The Balaban J connectivity index is 3.12. The second kappa shape index (κ2) is 20.0. The van der Waals surface area contributed by atoms with E-state index >= 15 is 0 Å². The fourth-order valence-corrected chi connectivity index (χ4v) is 4.50. The molecular formula is C34H53N5O9. The Hall–Kier alpha value is -4.49. The van der Waals surface area contributed by atoms with Crippen molar-refractivity contribution in [3.8, 4) is 0 Å². The lowest BCUT2D eigenvalue weighted by molar-refractivity contribution is -0.144. The number of benzene rings is 1. The van der Waals surface area contributed by atoms with Crippen molar-refractivity contribution in [2.75, 3.05) is 7.11 Å². The van der Waals surface area contributed by atoms with Gasteiger partial charge in [0.05, 0.1) is 7.11 Å². The molecule has 5 N–H and O–H groups in total. The summed E-state index contributed by atoms with van der Waals surface area (Å²) in [6, 6.07) is 4.74. The maximum absolute atomic E-state index is 13.7. The largest absolute Gasteiger partial charge is 0.467 e. The van der Waals surface area contributed by atoms with Gasteiger partial charge in [0.25, 0.3) is 0 Å². The molecule has 1 rings (SSSR count). The Kier molecular flexibility index (Phi) is 17.3. The number of alkyl carbamates (subject to hydrolysis) is 1. The molecule has 6 amide bonds. The Morgan fingerprint density at radius 1 is 0.750 bits per heavy atom. The number of esters is 1. The number of amides is 6. The van der Waals surface area contributed by atoms with Crippen LogP contribution in [-0.2, 0) is 44.7 Å². The van der Waals surface area contributed by atoms with Crippen LogP contribution >= 0.6 is 0 Å². The van der Waals surface area contributed by atoms with Crippen LogP contribution in [0.2, 0.25) is 0 Å². The van der Waals surface area contributed by atoms with Crippen LogP contribution in [0.3, 0.4) is 0 Å². The minimum atomic E-state index is -1.15. The highest BCUT2D eigenvalue weighted by atomic mass is 16.6. The average molecular weight is 676 g/mol. The number of carbonyl (C=O) groups excluding carboxylic acids is 7. The van der Waals surface area contributed by atoms with Crippen molar-refractivity contribution in [2.45, 2.75) is 117 Å². The topological polar surface area (TPSA) is 198 Å². The van der Waals surface area contributed by atoms with Gasteiger partial charge in [0.1, 0.15) is 29.8 Å².